The zero-order valence-corrected chi connectivity index (χ0v) is 34.7. The lowest BCUT2D eigenvalue weighted by Gasteiger charge is -2.33. The third kappa shape index (κ3) is 4.65. The Morgan fingerprint density at radius 1 is 0.406 bits per heavy atom. The van der Waals surface area contributed by atoms with Gasteiger partial charge >= 0.3 is 0 Å². The van der Waals surface area contributed by atoms with E-state index in [1.165, 1.54) is 60.8 Å². The topological polar surface area (TPSA) is 21.3 Å². The number of rotatable bonds is 5. The highest BCUT2D eigenvalue weighted by atomic mass is 16.3. The van der Waals surface area contributed by atoms with Gasteiger partial charge in [-0.2, -0.15) is 0 Å². The third-order valence-electron chi connectivity index (χ3n) is 14.0. The first-order chi connectivity index (χ1) is 31.8. The molecule has 298 valence electrons. The van der Waals surface area contributed by atoms with Crippen LogP contribution in [0.25, 0.3) is 82.8 Å². The van der Waals surface area contributed by atoms with Gasteiger partial charge in [0.25, 0.3) is 0 Å². The van der Waals surface area contributed by atoms with Crippen molar-refractivity contribution in [2.45, 2.75) is 5.41 Å². The molecule has 0 radical (unpaired) electrons. The van der Waals surface area contributed by atoms with E-state index in [0.717, 1.165) is 61.3 Å². The van der Waals surface area contributed by atoms with E-state index in [0.29, 0.717) is 0 Å². The Labute approximate surface area is 370 Å². The minimum atomic E-state index is -0.575. The number of hydrogen-bond donors (Lipinski definition) is 0. The maximum absolute atomic E-state index is 7.27. The Hall–Kier alpha value is -8.40. The molecule has 2 aliphatic rings. The second-order valence-corrected chi connectivity index (χ2v) is 17.1. The Kier molecular flexibility index (Phi) is 7.32. The van der Waals surface area contributed by atoms with Crippen LogP contribution in [-0.4, -0.2) is 4.57 Å². The van der Waals surface area contributed by atoms with Gasteiger partial charge in [0.05, 0.1) is 33.2 Å². The summed E-state index contributed by atoms with van der Waals surface area (Å²) in [5.74, 6) is 0. The minimum Gasteiger partial charge on any atom is -0.455 e. The van der Waals surface area contributed by atoms with E-state index in [-0.39, 0.29) is 0 Å². The van der Waals surface area contributed by atoms with E-state index in [1.807, 2.05) is 0 Å². The van der Waals surface area contributed by atoms with Crippen LogP contribution in [-0.2, 0) is 5.41 Å². The van der Waals surface area contributed by atoms with E-state index in [2.05, 4.69) is 240 Å². The van der Waals surface area contributed by atoms with Crippen LogP contribution in [0.5, 0.6) is 0 Å². The summed E-state index contributed by atoms with van der Waals surface area (Å²) in [6.45, 7) is 0. The molecule has 3 nitrogen and oxygen atoms in total. The predicted octanol–water partition coefficient (Wildman–Crippen LogP) is 16.2. The average Bonchev–Trinajstić information content (AvgIpc) is 4.09. The lowest BCUT2D eigenvalue weighted by Crippen LogP contribution is -2.26. The first-order valence-corrected chi connectivity index (χ1v) is 22.1. The fourth-order valence-corrected chi connectivity index (χ4v) is 11.5. The highest BCUT2D eigenvalue weighted by molar-refractivity contribution is 6.21. The Morgan fingerprint density at radius 2 is 0.969 bits per heavy atom. The Balaban J connectivity index is 1.16. The molecule has 12 aromatic rings. The van der Waals surface area contributed by atoms with Crippen molar-refractivity contribution in [3.8, 4) is 39.1 Å². The van der Waals surface area contributed by atoms with Gasteiger partial charge in [0.1, 0.15) is 11.2 Å². The van der Waals surface area contributed by atoms with Crippen molar-refractivity contribution in [2.75, 3.05) is 4.90 Å². The number of anilines is 3. The quantitative estimate of drug-likeness (QED) is 0.173. The number of para-hydroxylation sites is 4. The Bertz CT molecular complexity index is 3790. The third-order valence-corrected chi connectivity index (χ3v) is 14.0. The molecule has 14 rings (SSSR count). The summed E-state index contributed by atoms with van der Waals surface area (Å²) < 4.78 is 9.72. The molecule has 0 atom stereocenters. The van der Waals surface area contributed by atoms with Crippen LogP contribution >= 0.6 is 0 Å². The van der Waals surface area contributed by atoms with E-state index in [4.69, 9.17) is 4.42 Å². The van der Waals surface area contributed by atoms with E-state index in [9.17, 15) is 0 Å². The van der Waals surface area contributed by atoms with E-state index in [1.54, 1.807) is 0 Å². The molecule has 64 heavy (non-hydrogen) atoms. The van der Waals surface area contributed by atoms with Crippen LogP contribution in [0.15, 0.2) is 235 Å². The normalized spacial score (nSPS) is 13.1. The van der Waals surface area contributed by atoms with Crippen molar-refractivity contribution >= 4 is 60.8 Å². The molecule has 2 aromatic heterocycles. The van der Waals surface area contributed by atoms with Crippen LogP contribution in [0.3, 0.4) is 0 Å². The zero-order chi connectivity index (χ0) is 41.9. The number of hydrogen-bond acceptors (Lipinski definition) is 2. The summed E-state index contributed by atoms with van der Waals surface area (Å²) in [5.41, 5.74) is 20.2. The summed E-state index contributed by atoms with van der Waals surface area (Å²) in [6, 6.07) is 84.4. The molecule has 0 aliphatic heterocycles. The minimum absolute atomic E-state index is 0.575. The van der Waals surface area contributed by atoms with Gasteiger partial charge in [-0.1, -0.05) is 182 Å². The molecule has 2 heterocycles. The monoisotopic (exact) mass is 814 g/mol. The van der Waals surface area contributed by atoms with Gasteiger partial charge < -0.3 is 13.9 Å². The molecule has 2 aliphatic carbocycles. The van der Waals surface area contributed by atoms with Crippen LogP contribution in [0.2, 0.25) is 0 Å². The highest BCUT2D eigenvalue weighted by Crippen LogP contribution is 2.65. The van der Waals surface area contributed by atoms with Crippen molar-refractivity contribution in [1.29, 1.82) is 0 Å². The van der Waals surface area contributed by atoms with Gasteiger partial charge in [-0.3, -0.25) is 0 Å². The SMILES string of the molecule is c1ccc(-c2ccc(N(c3cc4c(c5oc6ccccc6c35)-c3ccccc3C43c4ccccc4-c4ccccc43)c3cccc4c5ccccc5n(-c5ccccc5)c34)cc2)cc1. The average molecular weight is 815 g/mol. The first-order valence-electron chi connectivity index (χ1n) is 22.1. The maximum Gasteiger partial charge on any atom is 0.145 e. The number of nitrogens with zero attached hydrogens (tertiary/aromatic N) is 2. The standard InChI is InChI=1S/C61H38N2O/c1-3-18-39(19-4-1)40-34-36-42(37-35-40)62(54-32-17-27-46-45-24-10-15-31-53(45)63(59(46)54)41-20-5-2-6-21-41)55-38-52-57(60-58(55)48-26-11-16-33-56(48)64-60)47-25-9-14-30-51(47)61(52)49-28-12-7-22-43(49)44-23-8-13-29-50(44)61/h1-38H. The molecular formula is C61H38N2O. The molecule has 0 unspecified atom stereocenters. The van der Waals surface area contributed by atoms with Crippen molar-refractivity contribution < 1.29 is 4.42 Å². The van der Waals surface area contributed by atoms with Crippen LogP contribution in [0, 0.1) is 0 Å². The van der Waals surface area contributed by atoms with Crippen LogP contribution < -0.4 is 4.90 Å². The summed E-state index contributed by atoms with van der Waals surface area (Å²) >= 11 is 0. The number of benzene rings is 10. The highest BCUT2D eigenvalue weighted by Gasteiger charge is 2.53. The van der Waals surface area contributed by atoms with Crippen LogP contribution in [0.4, 0.5) is 17.1 Å². The van der Waals surface area contributed by atoms with Gasteiger partial charge in [-0.15, -0.1) is 0 Å². The second kappa shape index (κ2) is 13.3. The second-order valence-electron chi connectivity index (χ2n) is 17.1. The van der Waals surface area contributed by atoms with E-state index < -0.39 is 5.41 Å². The summed E-state index contributed by atoms with van der Waals surface area (Å²) in [4.78, 5) is 2.52. The van der Waals surface area contributed by atoms with Gasteiger partial charge in [-0.25, -0.2) is 0 Å². The maximum atomic E-state index is 7.27. The van der Waals surface area contributed by atoms with Gasteiger partial charge in [-0.05, 0) is 98.6 Å². The summed E-state index contributed by atoms with van der Waals surface area (Å²) in [5, 5.41) is 4.58. The van der Waals surface area contributed by atoms with Crippen molar-refractivity contribution in [3.05, 3.63) is 253 Å². The number of aromatic nitrogens is 1. The molecule has 0 bridgehead atoms. The largest absolute Gasteiger partial charge is 0.455 e. The number of furan rings is 1. The number of fused-ring (bicyclic) bond motifs is 17. The lowest BCUT2D eigenvalue weighted by atomic mass is 9.70. The molecule has 0 saturated carbocycles. The molecule has 10 aromatic carbocycles. The van der Waals surface area contributed by atoms with Gasteiger partial charge in [0.15, 0.2) is 0 Å². The molecule has 3 heteroatoms. The fraction of sp³-hybridized carbons (Fsp3) is 0.0164. The summed E-state index contributed by atoms with van der Waals surface area (Å²) in [7, 11) is 0. The van der Waals surface area contributed by atoms with E-state index >= 15 is 0 Å². The molecule has 0 fully saturated rings. The predicted molar refractivity (Wildman–Crippen MR) is 264 cm³/mol. The smallest absolute Gasteiger partial charge is 0.145 e. The fourth-order valence-electron chi connectivity index (χ4n) is 11.5. The lowest BCUT2D eigenvalue weighted by molar-refractivity contribution is 0.669. The zero-order valence-electron chi connectivity index (χ0n) is 34.7. The molecule has 1 spiro atoms. The molecule has 0 amide bonds. The van der Waals surface area contributed by atoms with Crippen molar-refractivity contribution in [3.63, 3.8) is 0 Å². The van der Waals surface area contributed by atoms with Crippen LogP contribution in [0.1, 0.15) is 22.3 Å². The summed E-state index contributed by atoms with van der Waals surface area (Å²) in [6.07, 6.45) is 0. The van der Waals surface area contributed by atoms with Crippen molar-refractivity contribution in [2.24, 2.45) is 0 Å². The van der Waals surface area contributed by atoms with Crippen molar-refractivity contribution in [1.82, 2.24) is 4.57 Å². The first kappa shape index (κ1) is 35.2. The molecule has 0 saturated heterocycles. The molecule has 0 N–H and O–H groups in total. The van der Waals surface area contributed by atoms with Gasteiger partial charge in [0.2, 0.25) is 0 Å². The Morgan fingerprint density at radius 3 is 1.70 bits per heavy atom. The molecular weight excluding hydrogens is 777 g/mol. The van der Waals surface area contributed by atoms with Gasteiger partial charge in [0, 0.05) is 33.1 Å².